The van der Waals surface area contributed by atoms with Crippen LogP contribution in [0.4, 0.5) is 22.7 Å². The molecule has 10 bridgehead atoms. The second-order valence-electron chi connectivity index (χ2n) is 17.4. The minimum absolute atomic E-state index is 0.419. The third-order valence-electron chi connectivity index (χ3n) is 12.4. The second kappa shape index (κ2) is 19.0. The van der Waals surface area contributed by atoms with Crippen LogP contribution in [0.1, 0.15) is 22.3 Å². The van der Waals surface area contributed by atoms with Gasteiger partial charge in [0.2, 0.25) is 0 Å². The number of aliphatic imine (C=N–C) groups is 4. The van der Waals surface area contributed by atoms with Gasteiger partial charge in [0.05, 0.1) is 33.6 Å². The van der Waals surface area contributed by atoms with E-state index in [1.165, 1.54) is 0 Å². The summed E-state index contributed by atoms with van der Waals surface area (Å²) in [6, 6.07) is 47.5. The Labute approximate surface area is 385 Å². The molecule has 0 unspecified atom stereocenters. The van der Waals surface area contributed by atoms with E-state index >= 15 is 0 Å². The topological polar surface area (TPSA) is 123 Å². The summed E-state index contributed by atoms with van der Waals surface area (Å²) in [4.78, 5) is 19.2. The molecule has 14 heterocycles. The first-order valence-corrected chi connectivity index (χ1v) is 22.2. The first-order valence-electron chi connectivity index (χ1n) is 22.2. The average Bonchev–Trinajstić information content (AvgIpc) is 3.38. The Bertz CT molecular complexity index is 2390. The molecule has 66 heavy (non-hydrogen) atoms. The molecule has 0 amide bonds. The van der Waals surface area contributed by atoms with Crippen LogP contribution in [-0.2, 0) is 37.2 Å². The fraction of sp³-hybridized carbons (Fsp3) is 0.200. The van der Waals surface area contributed by atoms with Gasteiger partial charge < -0.3 is 37.2 Å². The van der Waals surface area contributed by atoms with E-state index in [9.17, 15) is 0 Å². The number of hydrogen-bond donors (Lipinski definition) is 0. The van der Waals surface area contributed by atoms with Crippen LogP contribution in [0.5, 0.6) is 0 Å². The molecule has 0 saturated carbocycles. The van der Waals surface area contributed by atoms with Crippen molar-refractivity contribution in [2.45, 2.75) is 0 Å². The Morgan fingerprint density at radius 3 is 0.682 bits per heavy atom. The van der Waals surface area contributed by atoms with Crippen molar-refractivity contribution >= 4 is 97.9 Å². The molecule has 0 atom stereocenters. The summed E-state index contributed by atoms with van der Waals surface area (Å²) in [6.45, 7) is 3.35. The van der Waals surface area contributed by atoms with E-state index < -0.39 is 39.3 Å². The van der Waals surface area contributed by atoms with E-state index in [4.69, 9.17) is 57.2 Å². The van der Waals surface area contributed by atoms with Crippen molar-refractivity contribution in [1.82, 2.24) is 0 Å². The van der Waals surface area contributed by atoms with E-state index in [0.717, 1.165) is 66.9 Å². The monoisotopic (exact) mass is 872 g/mol. The quantitative estimate of drug-likeness (QED) is 0.188. The maximum absolute atomic E-state index is 6.39. The van der Waals surface area contributed by atoms with Crippen LogP contribution >= 0.6 is 0 Å². The first-order chi connectivity index (χ1) is 32.6. The van der Waals surface area contributed by atoms with E-state index in [1.54, 1.807) is 0 Å². The van der Waals surface area contributed by atoms with Crippen LogP contribution in [0.3, 0.4) is 0 Å². The van der Waals surface area contributed by atoms with Crippen LogP contribution in [0.2, 0.25) is 0 Å². The van der Waals surface area contributed by atoms with Gasteiger partial charge in [-0.1, -0.05) is 97.1 Å². The Morgan fingerprint density at radius 2 is 0.470 bits per heavy atom. The molecule has 14 aliphatic rings. The average molecular weight is 872 g/mol. The molecule has 2 spiro atoms. The Morgan fingerprint density at radius 1 is 0.273 bits per heavy atom. The molecule has 324 valence electrons. The summed E-state index contributed by atoms with van der Waals surface area (Å²) in [6.07, 6.45) is 7.38. The minimum atomic E-state index is -0.556. The molecule has 0 radical (unpaired) electrons. The van der Waals surface area contributed by atoms with E-state index in [2.05, 4.69) is 0 Å². The smallest absolute Gasteiger partial charge is 0.406 e. The third-order valence-corrected chi connectivity index (χ3v) is 12.4. The van der Waals surface area contributed by atoms with E-state index in [-0.39, 0.29) is 0 Å². The van der Waals surface area contributed by atoms with Crippen molar-refractivity contribution in [2.24, 2.45) is 30.8 Å². The summed E-state index contributed by atoms with van der Waals surface area (Å²) in [7, 11) is -2.22. The fourth-order valence-electron chi connectivity index (χ4n) is 8.63. The predicted octanol–water partition coefficient (Wildman–Crippen LogP) is 5.34. The summed E-state index contributed by atoms with van der Waals surface area (Å²) < 4.78 is 51.1. The number of nitrogens with zero attached hydrogens (tertiary/aromatic N) is 4. The van der Waals surface area contributed by atoms with E-state index in [1.807, 2.05) is 170 Å². The van der Waals surface area contributed by atoms with Crippen molar-refractivity contribution in [2.75, 3.05) is 52.9 Å². The van der Waals surface area contributed by atoms with Gasteiger partial charge in [-0.15, -0.1) is 0 Å². The van der Waals surface area contributed by atoms with Crippen LogP contribution < -0.4 is 21.9 Å². The number of rotatable bonds is 0. The Kier molecular flexibility index (Phi) is 12.3. The molecule has 4 fully saturated rings. The molecule has 0 aliphatic carbocycles. The standard InChI is InChI=1S/C50H44B4N4O8/c1-5-13-45-37(9-1)25-55-41-17-19-42(20-18-41)56-26-38-10-2-7-15-47(38)53-63-33-50(34-64-53)35-65-54(66-36-50)48-16-8-4-12-40(48)28-58-44-23-21-43(22-24-44)57-27-39-11-3-6-14-46(39)52-61-31-49(32-62-52)29-59-51(45)60-30-49/h1-28H,29-36H2. The molecule has 12 nitrogen and oxygen atoms in total. The molecule has 6 aromatic carbocycles. The zero-order chi connectivity index (χ0) is 44.2. The highest BCUT2D eigenvalue weighted by atomic mass is 16.6. The second-order valence-corrected chi connectivity index (χ2v) is 17.4. The van der Waals surface area contributed by atoms with Gasteiger partial charge in [-0.05, 0) is 92.6 Å². The molecule has 4 saturated heterocycles. The number of hydrogen-bond acceptors (Lipinski definition) is 12. The fourth-order valence-corrected chi connectivity index (χ4v) is 8.63. The largest absolute Gasteiger partial charge is 0.494 e. The Hall–Kier alpha value is -6.06. The summed E-state index contributed by atoms with van der Waals surface area (Å²) in [5.74, 6) is 0. The van der Waals surface area contributed by atoms with Gasteiger partial charge in [0.15, 0.2) is 0 Å². The van der Waals surface area contributed by atoms with Gasteiger partial charge >= 0.3 is 28.5 Å². The van der Waals surface area contributed by atoms with Gasteiger partial charge in [-0.2, -0.15) is 0 Å². The minimum Gasteiger partial charge on any atom is -0.406 e. The molecular weight excluding hydrogens is 828 g/mol. The molecule has 14 aliphatic heterocycles. The highest BCUT2D eigenvalue weighted by Gasteiger charge is 2.47. The SMILES string of the molecule is C1=Nc2ccc(cc2)N=Cc2ccccc2B2OCC3(CO2)COB(OC3)c2ccccc2C=Nc2ccc(cc2)N=Cc2ccccc2B2OCC3(COB(OC3)c3ccccc31)CO2. The van der Waals surface area contributed by atoms with E-state index in [0.29, 0.717) is 52.9 Å². The lowest BCUT2D eigenvalue weighted by atomic mass is 9.71. The van der Waals surface area contributed by atoms with Crippen molar-refractivity contribution in [3.8, 4) is 0 Å². The van der Waals surface area contributed by atoms with Crippen LogP contribution in [0.25, 0.3) is 0 Å². The third kappa shape index (κ3) is 9.32. The lowest BCUT2D eigenvalue weighted by Crippen LogP contribution is -2.59. The maximum Gasteiger partial charge on any atom is 0.494 e. The zero-order valence-corrected chi connectivity index (χ0v) is 36.2. The maximum atomic E-state index is 6.39. The summed E-state index contributed by atoms with van der Waals surface area (Å²) in [5.41, 5.74) is 9.51. The highest BCUT2D eigenvalue weighted by molar-refractivity contribution is 6.64. The van der Waals surface area contributed by atoms with Crippen LogP contribution in [0, 0.1) is 10.8 Å². The predicted molar refractivity (Wildman–Crippen MR) is 262 cm³/mol. The van der Waals surface area contributed by atoms with Crippen molar-refractivity contribution in [3.05, 3.63) is 168 Å². The van der Waals surface area contributed by atoms with Crippen LogP contribution in [-0.4, -0.2) is 106 Å². The molecular formula is C50H44B4N4O8. The summed E-state index contributed by atoms with van der Waals surface area (Å²) in [5, 5.41) is 0. The molecule has 6 aromatic rings. The Balaban J connectivity index is 0.848. The molecule has 16 heteroatoms. The lowest BCUT2D eigenvalue weighted by Gasteiger charge is -2.43. The van der Waals surface area contributed by atoms with Crippen LogP contribution in [0.15, 0.2) is 166 Å². The highest BCUT2D eigenvalue weighted by Crippen LogP contribution is 2.31. The first kappa shape index (κ1) is 42.6. The zero-order valence-electron chi connectivity index (χ0n) is 36.2. The lowest BCUT2D eigenvalue weighted by molar-refractivity contribution is -0.0790. The van der Waals surface area contributed by atoms with Crippen molar-refractivity contribution < 1.29 is 37.2 Å². The van der Waals surface area contributed by atoms with Gasteiger partial charge in [0, 0.05) is 77.7 Å². The summed E-state index contributed by atoms with van der Waals surface area (Å²) >= 11 is 0. The van der Waals surface area contributed by atoms with Gasteiger partial charge in [-0.3, -0.25) is 20.0 Å². The molecule has 0 aromatic heterocycles. The van der Waals surface area contributed by atoms with Gasteiger partial charge in [0.1, 0.15) is 0 Å². The van der Waals surface area contributed by atoms with Gasteiger partial charge in [0.25, 0.3) is 0 Å². The molecule has 0 N–H and O–H groups in total. The number of benzene rings is 6. The van der Waals surface area contributed by atoms with Gasteiger partial charge in [-0.25, -0.2) is 0 Å². The normalized spacial score (nSPS) is 21.9. The van der Waals surface area contributed by atoms with Crippen molar-refractivity contribution in [1.29, 1.82) is 0 Å². The molecule has 20 rings (SSSR count). The van der Waals surface area contributed by atoms with Crippen molar-refractivity contribution in [3.63, 3.8) is 0 Å².